The van der Waals surface area contributed by atoms with Crippen LogP contribution in [0, 0.1) is 11.6 Å². The molecule has 0 saturated heterocycles. The molecule has 0 aliphatic carbocycles. The monoisotopic (exact) mass is 402 g/mol. The molecular formula is C16H16F2N2O4S2. The maximum absolute atomic E-state index is 13.8. The number of hydrogen-bond donors (Lipinski definition) is 1. The summed E-state index contributed by atoms with van der Waals surface area (Å²) >= 11 is 0. The average Bonchev–Trinajstić information content (AvgIpc) is 2.55. The van der Waals surface area contributed by atoms with Crippen LogP contribution in [0.5, 0.6) is 0 Å². The molecule has 1 N–H and O–H groups in total. The van der Waals surface area contributed by atoms with Crippen molar-refractivity contribution in [3.05, 3.63) is 59.2 Å². The first kappa shape index (κ1) is 18.7. The van der Waals surface area contributed by atoms with Crippen LogP contribution in [0.15, 0.2) is 41.3 Å². The number of rotatable bonds is 4. The Hall–Kier alpha value is -2.04. The van der Waals surface area contributed by atoms with Gasteiger partial charge in [-0.3, -0.25) is 4.72 Å². The van der Waals surface area contributed by atoms with Crippen LogP contribution in [0.3, 0.4) is 0 Å². The molecule has 0 radical (unpaired) electrons. The van der Waals surface area contributed by atoms with E-state index >= 15 is 0 Å². The minimum absolute atomic E-state index is 0.123. The van der Waals surface area contributed by atoms with E-state index in [1.807, 2.05) is 0 Å². The number of hydrogen-bond acceptors (Lipinski definition) is 4. The highest BCUT2D eigenvalue weighted by atomic mass is 32.2. The molecule has 3 rings (SSSR count). The molecule has 1 aliphatic heterocycles. The van der Waals surface area contributed by atoms with Crippen LogP contribution in [0.4, 0.5) is 14.5 Å². The predicted molar refractivity (Wildman–Crippen MR) is 92.6 cm³/mol. The maximum atomic E-state index is 13.8. The lowest BCUT2D eigenvalue weighted by Crippen LogP contribution is -2.35. The van der Waals surface area contributed by atoms with Crippen molar-refractivity contribution in [2.45, 2.75) is 17.9 Å². The van der Waals surface area contributed by atoms with Crippen molar-refractivity contribution in [2.75, 3.05) is 17.5 Å². The number of halogens is 2. The molecule has 2 aromatic carbocycles. The number of sulfonamides is 2. The number of anilines is 1. The van der Waals surface area contributed by atoms with Crippen molar-refractivity contribution >= 4 is 25.7 Å². The second kappa shape index (κ2) is 6.60. The molecule has 1 aliphatic rings. The molecular weight excluding hydrogens is 386 g/mol. The normalized spacial score (nSPS) is 15.5. The zero-order chi connectivity index (χ0) is 19.1. The molecule has 0 saturated carbocycles. The van der Waals surface area contributed by atoms with Gasteiger partial charge >= 0.3 is 0 Å². The smallest absolute Gasteiger partial charge is 0.264 e. The first-order valence-corrected chi connectivity index (χ1v) is 10.9. The van der Waals surface area contributed by atoms with Crippen molar-refractivity contribution in [3.8, 4) is 0 Å². The van der Waals surface area contributed by atoms with E-state index in [1.54, 1.807) is 6.07 Å². The van der Waals surface area contributed by atoms with Crippen molar-refractivity contribution in [2.24, 2.45) is 0 Å². The Morgan fingerprint density at radius 1 is 1.00 bits per heavy atom. The highest BCUT2D eigenvalue weighted by Gasteiger charge is 2.24. The van der Waals surface area contributed by atoms with E-state index in [0.717, 1.165) is 24.0 Å². The van der Waals surface area contributed by atoms with Gasteiger partial charge in [0.05, 0.1) is 6.26 Å². The summed E-state index contributed by atoms with van der Waals surface area (Å²) in [7, 11) is -7.70. The van der Waals surface area contributed by atoms with Gasteiger partial charge in [0.15, 0.2) is 0 Å². The zero-order valence-corrected chi connectivity index (χ0v) is 15.4. The largest absolute Gasteiger partial charge is 0.280 e. The molecule has 0 atom stereocenters. The van der Waals surface area contributed by atoms with Crippen molar-refractivity contribution in [1.82, 2.24) is 4.31 Å². The minimum atomic E-state index is -4.33. The Labute approximate surface area is 150 Å². The lowest BCUT2D eigenvalue weighted by molar-refractivity contribution is 0.395. The lowest BCUT2D eigenvalue weighted by Gasteiger charge is -2.27. The summed E-state index contributed by atoms with van der Waals surface area (Å²) in [5, 5.41) is 0. The summed E-state index contributed by atoms with van der Waals surface area (Å²) in [6.45, 7) is 0.476. The fourth-order valence-electron chi connectivity index (χ4n) is 2.77. The highest BCUT2D eigenvalue weighted by Crippen LogP contribution is 2.26. The number of nitrogens with zero attached hydrogens (tertiary/aromatic N) is 1. The molecule has 140 valence electrons. The van der Waals surface area contributed by atoms with Crippen LogP contribution in [-0.2, 0) is 33.0 Å². The van der Waals surface area contributed by atoms with Gasteiger partial charge in [-0.15, -0.1) is 0 Å². The summed E-state index contributed by atoms with van der Waals surface area (Å²) in [5.41, 5.74) is 1.70. The third-order valence-electron chi connectivity index (χ3n) is 4.09. The first-order chi connectivity index (χ1) is 12.1. The Morgan fingerprint density at radius 2 is 1.73 bits per heavy atom. The molecule has 2 aromatic rings. The summed E-state index contributed by atoms with van der Waals surface area (Å²) in [4.78, 5) is -0.798. The van der Waals surface area contributed by atoms with E-state index in [9.17, 15) is 25.6 Å². The second-order valence-corrected chi connectivity index (χ2v) is 9.64. The zero-order valence-electron chi connectivity index (χ0n) is 13.7. The summed E-state index contributed by atoms with van der Waals surface area (Å²) in [6.07, 6.45) is 1.62. The fraction of sp³-hybridized carbons (Fsp3) is 0.250. The first-order valence-electron chi connectivity index (χ1n) is 7.61. The summed E-state index contributed by atoms with van der Waals surface area (Å²) in [5.74, 6) is -1.94. The third-order valence-corrected chi connectivity index (χ3v) is 6.73. The van der Waals surface area contributed by atoms with E-state index in [1.165, 1.54) is 16.4 Å². The average molecular weight is 402 g/mol. The number of nitrogens with one attached hydrogen (secondary N) is 1. The van der Waals surface area contributed by atoms with E-state index in [2.05, 4.69) is 4.72 Å². The van der Waals surface area contributed by atoms with Gasteiger partial charge in [-0.25, -0.2) is 25.6 Å². The predicted octanol–water partition coefficient (Wildman–Crippen LogP) is 2.08. The van der Waals surface area contributed by atoms with E-state index in [0.29, 0.717) is 24.6 Å². The molecule has 0 unspecified atom stereocenters. The van der Waals surface area contributed by atoms with E-state index < -0.39 is 36.6 Å². The van der Waals surface area contributed by atoms with Crippen LogP contribution in [-0.4, -0.2) is 33.9 Å². The second-order valence-electron chi connectivity index (χ2n) is 6.01. The van der Waals surface area contributed by atoms with Gasteiger partial charge in [-0.05, 0) is 47.9 Å². The van der Waals surface area contributed by atoms with E-state index in [4.69, 9.17) is 0 Å². The Balaban J connectivity index is 1.91. The van der Waals surface area contributed by atoms with Crippen LogP contribution in [0.1, 0.15) is 11.1 Å². The number of fused-ring (bicyclic) bond motifs is 1. The molecule has 26 heavy (non-hydrogen) atoms. The molecule has 0 spiro atoms. The third kappa shape index (κ3) is 3.87. The lowest BCUT2D eigenvalue weighted by atomic mass is 10.0. The topological polar surface area (TPSA) is 83.6 Å². The molecule has 0 aromatic heterocycles. The molecule has 10 heteroatoms. The van der Waals surface area contributed by atoms with Crippen molar-refractivity contribution < 1.29 is 25.6 Å². The van der Waals surface area contributed by atoms with Gasteiger partial charge in [0.25, 0.3) is 10.0 Å². The molecule has 0 amide bonds. The van der Waals surface area contributed by atoms with Crippen molar-refractivity contribution in [3.63, 3.8) is 0 Å². The summed E-state index contributed by atoms with van der Waals surface area (Å²) in [6, 6.07) is 6.86. The van der Waals surface area contributed by atoms with Crippen LogP contribution in [0.25, 0.3) is 0 Å². The minimum Gasteiger partial charge on any atom is -0.280 e. The molecule has 0 bridgehead atoms. The SMILES string of the molecule is CS(=O)(=O)N1CCc2ccc(NS(=O)(=O)c3cc(F)ccc3F)cc2C1. The Morgan fingerprint density at radius 3 is 2.42 bits per heavy atom. The van der Waals surface area contributed by atoms with Gasteiger partial charge < -0.3 is 0 Å². The van der Waals surface area contributed by atoms with E-state index in [-0.39, 0.29) is 12.2 Å². The Bertz CT molecular complexity index is 1070. The standard InChI is InChI=1S/C16H16F2N2O4S2/c1-25(21,22)20-7-6-11-2-4-14(8-12(11)10-20)19-26(23,24)16-9-13(17)3-5-15(16)18/h2-5,8-9,19H,6-7,10H2,1H3. The van der Waals surface area contributed by atoms with Gasteiger partial charge in [0.1, 0.15) is 16.5 Å². The van der Waals surface area contributed by atoms with Gasteiger partial charge in [-0.1, -0.05) is 6.07 Å². The van der Waals surface area contributed by atoms with Gasteiger partial charge in [0.2, 0.25) is 10.0 Å². The Kier molecular flexibility index (Phi) is 4.76. The molecule has 6 nitrogen and oxygen atoms in total. The maximum Gasteiger partial charge on any atom is 0.264 e. The van der Waals surface area contributed by atoms with Gasteiger partial charge in [-0.2, -0.15) is 4.31 Å². The molecule has 0 fully saturated rings. The van der Waals surface area contributed by atoms with Crippen LogP contribution >= 0.6 is 0 Å². The highest BCUT2D eigenvalue weighted by molar-refractivity contribution is 7.92. The molecule has 1 heterocycles. The van der Waals surface area contributed by atoms with Crippen molar-refractivity contribution in [1.29, 1.82) is 0 Å². The quantitative estimate of drug-likeness (QED) is 0.849. The summed E-state index contributed by atoms with van der Waals surface area (Å²) < 4.78 is 78.6. The van der Waals surface area contributed by atoms with Crippen LogP contribution in [0.2, 0.25) is 0 Å². The fourth-order valence-corrected chi connectivity index (χ4v) is 4.71. The van der Waals surface area contributed by atoms with Gasteiger partial charge in [0, 0.05) is 18.8 Å². The van der Waals surface area contributed by atoms with Crippen LogP contribution < -0.4 is 4.72 Å². The number of benzene rings is 2.